The Kier molecular flexibility index (Phi) is 5.33. The molecule has 0 aromatic heterocycles. The normalized spacial score (nSPS) is 25.8. The fourth-order valence-corrected chi connectivity index (χ4v) is 4.97. The number of methoxy groups -OCH3 is 2. The van der Waals surface area contributed by atoms with E-state index in [1.54, 1.807) is 26.5 Å². The van der Waals surface area contributed by atoms with Crippen LogP contribution in [0.2, 0.25) is 0 Å². The molecule has 2 aliphatic carbocycles. The van der Waals surface area contributed by atoms with Crippen LogP contribution in [-0.2, 0) is 4.79 Å². The zero-order valence-corrected chi connectivity index (χ0v) is 16.3. The molecular formula is C23H26N2O3. The lowest BCUT2D eigenvalue weighted by atomic mass is 9.48. The van der Waals surface area contributed by atoms with Gasteiger partial charge in [0, 0.05) is 17.5 Å². The summed E-state index contributed by atoms with van der Waals surface area (Å²) in [6.45, 7) is 0. The highest BCUT2D eigenvalue weighted by molar-refractivity contribution is 5.86. The van der Waals surface area contributed by atoms with Gasteiger partial charge < -0.3 is 9.47 Å². The summed E-state index contributed by atoms with van der Waals surface area (Å²) in [7, 11) is 3.21. The second-order valence-electron chi connectivity index (χ2n) is 7.56. The number of hydrogen-bond donors (Lipinski definition) is 1. The Hall–Kier alpha value is -2.82. The lowest BCUT2D eigenvalue weighted by molar-refractivity contribution is -0.140. The minimum absolute atomic E-state index is 0.0330. The summed E-state index contributed by atoms with van der Waals surface area (Å²) in [5.41, 5.74) is 4.92. The minimum atomic E-state index is 0.0330. The lowest BCUT2D eigenvalue weighted by Crippen LogP contribution is -2.54. The van der Waals surface area contributed by atoms with Crippen LogP contribution in [0.1, 0.15) is 36.3 Å². The van der Waals surface area contributed by atoms with E-state index in [-0.39, 0.29) is 11.8 Å². The van der Waals surface area contributed by atoms with Gasteiger partial charge in [0.2, 0.25) is 5.91 Å². The zero-order chi connectivity index (χ0) is 19.5. The highest BCUT2D eigenvalue weighted by Gasteiger charge is 2.55. The molecule has 2 aromatic carbocycles. The summed E-state index contributed by atoms with van der Waals surface area (Å²) in [5.74, 6) is 2.82. The molecule has 0 unspecified atom stereocenters. The van der Waals surface area contributed by atoms with Crippen molar-refractivity contribution < 1.29 is 14.3 Å². The van der Waals surface area contributed by atoms with Gasteiger partial charge in [0.05, 0.1) is 20.4 Å². The van der Waals surface area contributed by atoms with Crippen molar-refractivity contribution >= 4 is 12.1 Å². The van der Waals surface area contributed by atoms with Crippen LogP contribution in [0.25, 0.3) is 0 Å². The first-order valence-electron chi connectivity index (χ1n) is 9.83. The molecule has 146 valence electrons. The van der Waals surface area contributed by atoms with Crippen LogP contribution in [0, 0.1) is 17.8 Å². The van der Waals surface area contributed by atoms with E-state index in [0.29, 0.717) is 29.3 Å². The lowest BCUT2D eigenvalue weighted by Gasteiger charge is -2.55. The number of nitrogens with zero attached hydrogens (tertiary/aromatic N) is 1. The van der Waals surface area contributed by atoms with Crippen molar-refractivity contribution in [2.45, 2.75) is 25.2 Å². The Balaban J connectivity index is 1.42. The Bertz CT molecular complexity index is 853. The summed E-state index contributed by atoms with van der Waals surface area (Å²) in [6, 6.07) is 16.1. The molecule has 0 saturated heterocycles. The van der Waals surface area contributed by atoms with Crippen molar-refractivity contribution in [3.8, 4) is 11.5 Å². The number of rotatable bonds is 6. The van der Waals surface area contributed by atoms with Crippen LogP contribution in [0.4, 0.5) is 0 Å². The van der Waals surface area contributed by atoms with Gasteiger partial charge >= 0.3 is 0 Å². The molecule has 2 fully saturated rings. The molecule has 2 aliphatic rings. The standard InChI is InChI=1S/C23H26N2O3/c1-27-17-12-11-16(20(13-17)28-2)14-24-25-23(26)22-18-9-6-10-19(22)21(18)15-7-4-3-5-8-15/h3-5,7-8,11-14,18-19,21-22H,6,9-10H2,1-2H3,(H,25,26)/b24-14-/t18-,19-,21?,22?/m0/s1. The number of hydrogen-bond acceptors (Lipinski definition) is 4. The maximum atomic E-state index is 12.8. The maximum absolute atomic E-state index is 12.8. The molecule has 1 amide bonds. The highest BCUT2D eigenvalue weighted by atomic mass is 16.5. The third-order valence-electron chi connectivity index (χ3n) is 6.23. The molecule has 2 saturated carbocycles. The fraction of sp³-hybridized carbons (Fsp3) is 0.391. The molecule has 2 atom stereocenters. The Morgan fingerprint density at radius 3 is 2.50 bits per heavy atom. The van der Waals surface area contributed by atoms with E-state index in [9.17, 15) is 4.79 Å². The van der Waals surface area contributed by atoms with Crippen molar-refractivity contribution in [1.29, 1.82) is 0 Å². The number of ether oxygens (including phenoxy) is 2. The summed E-state index contributed by atoms with van der Waals surface area (Å²) in [4.78, 5) is 12.8. The number of nitrogens with one attached hydrogen (secondary N) is 1. The van der Waals surface area contributed by atoms with Gasteiger partial charge in [-0.1, -0.05) is 36.8 Å². The topological polar surface area (TPSA) is 59.9 Å². The second-order valence-corrected chi connectivity index (χ2v) is 7.56. The van der Waals surface area contributed by atoms with Crippen molar-refractivity contribution in [1.82, 2.24) is 5.43 Å². The van der Waals surface area contributed by atoms with E-state index < -0.39 is 0 Å². The number of benzene rings is 2. The molecule has 5 nitrogen and oxygen atoms in total. The van der Waals surface area contributed by atoms with Gasteiger partial charge in [-0.25, -0.2) is 5.43 Å². The molecule has 2 bridgehead atoms. The molecular weight excluding hydrogens is 352 g/mol. The van der Waals surface area contributed by atoms with Gasteiger partial charge in [-0.15, -0.1) is 0 Å². The van der Waals surface area contributed by atoms with E-state index >= 15 is 0 Å². The molecule has 1 N–H and O–H groups in total. The fourth-order valence-electron chi connectivity index (χ4n) is 4.97. The molecule has 4 rings (SSSR count). The average Bonchev–Trinajstić information content (AvgIpc) is 2.75. The van der Waals surface area contributed by atoms with Gasteiger partial charge in [-0.05, 0) is 48.3 Å². The number of fused-ring (bicyclic) bond motifs is 2. The van der Waals surface area contributed by atoms with Crippen molar-refractivity contribution in [2.24, 2.45) is 22.9 Å². The first-order valence-corrected chi connectivity index (χ1v) is 9.83. The van der Waals surface area contributed by atoms with Crippen LogP contribution < -0.4 is 14.9 Å². The van der Waals surface area contributed by atoms with Crippen molar-refractivity contribution in [3.63, 3.8) is 0 Å². The predicted molar refractivity (Wildman–Crippen MR) is 109 cm³/mol. The van der Waals surface area contributed by atoms with Crippen LogP contribution in [-0.4, -0.2) is 26.3 Å². The Morgan fingerprint density at radius 1 is 1.07 bits per heavy atom. The van der Waals surface area contributed by atoms with Crippen LogP contribution in [0.3, 0.4) is 0 Å². The number of amides is 1. The van der Waals surface area contributed by atoms with Gasteiger partial charge in [0.1, 0.15) is 11.5 Å². The zero-order valence-electron chi connectivity index (χ0n) is 16.3. The summed E-state index contributed by atoms with van der Waals surface area (Å²) < 4.78 is 10.6. The SMILES string of the molecule is COc1ccc(/C=N\NC(=O)C2[C@H]3CCC[C@H]2C3c2ccccc2)c(OC)c1. The molecule has 0 heterocycles. The van der Waals surface area contributed by atoms with Crippen LogP contribution >= 0.6 is 0 Å². The third kappa shape index (κ3) is 3.37. The molecule has 0 spiro atoms. The summed E-state index contributed by atoms with van der Waals surface area (Å²) >= 11 is 0. The molecule has 2 aromatic rings. The quantitative estimate of drug-likeness (QED) is 0.611. The maximum Gasteiger partial charge on any atom is 0.243 e. The minimum Gasteiger partial charge on any atom is -0.497 e. The highest BCUT2D eigenvalue weighted by Crippen LogP contribution is 2.59. The van der Waals surface area contributed by atoms with Crippen LogP contribution in [0.5, 0.6) is 11.5 Å². The second kappa shape index (κ2) is 8.05. The Labute approximate surface area is 165 Å². The van der Waals surface area contributed by atoms with E-state index in [2.05, 4.69) is 34.8 Å². The third-order valence-corrected chi connectivity index (χ3v) is 6.23. The van der Waals surface area contributed by atoms with E-state index in [1.807, 2.05) is 18.2 Å². The smallest absolute Gasteiger partial charge is 0.243 e. The molecule has 0 radical (unpaired) electrons. The molecule has 28 heavy (non-hydrogen) atoms. The molecule has 0 aliphatic heterocycles. The van der Waals surface area contributed by atoms with E-state index in [1.165, 1.54) is 12.0 Å². The molecule has 5 heteroatoms. The first-order chi connectivity index (χ1) is 13.7. The first kappa shape index (κ1) is 18.5. The van der Waals surface area contributed by atoms with Crippen molar-refractivity contribution in [2.75, 3.05) is 14.2 Å². The van der Waals surface area contributed by atoms with Crippen LogP contribution in [0.15, 0.2) is 53.6 Å². The van der Waals surface area contributed by atoms with Gasteiger partial charge in [0.15, 0.2) is 0 Å². The Morgan fingerprint density at radius 2 is 1.82 bits per heavy atom. The number of carbonyl (C=O) groups is 1. The van der Waals surface area contributed by atoms with Gasteiger partial charge in [0.25, 0.3) is 0 Å². The van der Waals surface area contributed by atoms with Gasteiger partial charge in [-0.3, -0.25) is 4.79 Å². The van der Waals surface area contributed by atoms with E-state index in [4.69, 9.17) is 9.47 Å². The van der Waals surface area contributed by atoms with Gasteiger partial charge in [-0.2, -0.15) is 5.10 Å². The average molecular weight is 378 g/mol. The monoisotopic (exact) mass is 378 g/mol. The van der Waals surface area contributed by atoms with E-state index in [0.717, 1.165) is 18.4 Å². The number of carbonyl (C=O) groups excluding carboxylic acids is 1. The number of hydrazone groups is 1. The summed E-state index contributed by atoms with van der Waals surface area (Å²) in [6.07, 6.45) is 5.07. The largest absolute Gasteiger partial charge is 0.497 e. The van der Waals surface area contributed by atoms with Crippen molar-refractivity contribution in [3.05, 3.63) is 59.7 Å². The summed E-state index contributed by atoms with van der Waals surface area (Å²) in [5, 5.41) is 4.19. The predicted octanol–water partition coefficient (Wildman–Crippen LogP) is 3.98.